The first kappa shape index (κ1) is 14.8. The lowest BCUT2D eigenvalue weighted by molar-refractivity contribution is 0.0937. The molecule has 1 aliphatic rings. The van der Waals surface area contributed by atoms with Gasteiger partial charge in [0.1, 0.15) is 0 Å². The van der Waals surface area contributed by atoms with Gasteiger partial charge in [0, 0.05) is 17.3 Å². The summed E-state index contributed by atoms with van der Waals surface area (Å²) in [5.41, 5.74) is 1.32. The molecule has 0 spiro atoms. The number of carbonyl (C=O) groups excluding carboxylic acids is 2. The van der Waals surface area contributed by atoms with Gasteiger partial charge in [-0.2, -0.15) is 0 Å². The average molecular weight is 314 g/mol. The van der Waals surface area contributed by atoms with Gasteiger partial charge < -0.3 is 10.6 Å². The van der Waals surface area contributed by atoms with Crippen LogP contribution < -0.4 is 10.6 Å². The number of hydrogen-bond donors (Lipinski definition) is 2. The third kappa shape index (κ3) is 3.54. The Labute approximate surface area is 133 Å². The van der Waals surface area contributed by atoms with Crippen LogP contribution in [0.1, 0.15) is 45.7 Å². The molecular weight excluding hydrogens is 296 g/mol. The number of carbonyl (C=O) groups is 2. The minimum absolute atomic E-state index is 0.0389. The van der Waals surface area contributed by atoms with Crippen LogP contribution in [0.25, 0.3) is 0 Å². The van der Waals surface area contributed by atoms with Crippen molar-refractivity contribution in [3.63, 3.8) is 0 Å². The molecule has 1 aromatic heterocycles. The van der Waals surface area contributed by atoms with Gasteiger partial charge in [-0.3, -0.25) is 9.59 Å². The highest BCUT2D eigenvalue weighted by molar-refractivity contribution is 7.12. The molecule has 2 aromatic rings. The van der Waals surface area contributed by atoms with Crippen LogP contribution in [0.5, 0.6) is 0 Å². The Bertz CT molecular complexity index is 644. The van der Waals surface area contributed by atoms with Crippen LogP contribution in [0.15, 0.2) is 41.8 Å². The summed E-state index contributed by atoms with van der Waals surface area (Å²) < 4.78 is 0. The molecule has 2 amide bonds. The first-order chi connectivity index (χ1) is 10.7. The molecule has 1 aromatic carbocycles. The lowest BCUT2D eigenvalue weighted by Gasteiger charge is -2.12. The second-order valence-corrected chi connectivity index (χ2v) is 6.41. The van der Waals surface area contributed by atoms with Crippen molar-refractivity contribution in [1.29, 1.82) is 0 Å². The minimum Gasteiger partial charge on any atom is -0.349 e. The Hall–Kier alpha value is -2.14. The Morgan fingerprint density at radius 1 is 1.00 bits per heavy atom. The number of thiophene rings is 1. The largest absolute Gasteiger partial charge is 0.349 e. The van der Waals surface area contributed by atoms with E-state index >= 15 is 0 Å². The van der Waals surface area contributed by atoms with Crippen molar-refractivity contribution >= 4 is 28.8 Å². The molecule has 5 heteroatoms. The fourth-order valence-electron chi connectivity index (χ4n) is 2.64. The highest BCUT2D eigenvalue weighted by Gasteiger charge is 2.17. The van der Waals surface area contributed by atoms with Crippen LogP contribution in [-0.2, 0) is 0 Å². The second kappa shape index (κ2) is 6.75. The summed E-state index contributed by atoms with van der Waals surface area (Å²) in [6.45, 7) is 0. The Morgan fingerprint density at radius 3 is 2.36 bits per heavy atom. The van der Waals surface area contributed by atoms with Gasteiger partial charge in [-0.1, -0.05) is 18.9 Å². The summed E-state index contributed by atoms with van der Waals surface area (Å²) in [6.07, 6.45) is 4.53. The van der Waals surface area contributed by atoms with Gasteiger partial charge >= 0.3 is 0 Å². The summed E-state index contributed by atoms with van der Waals surface area (Å²) in [5.74, 6) is -0.166. The Morgan fingerprint density at radius 2 is 1.73 bits per heavy atom. The molecule has 0 atom stereocenters. The molecule has 0 radical (unpaired) electrons. The van der Waals surface area contributed by atoms with Crippen molar-refractivity contribution in [3.05, 3.63) is 52.2 Å². The third-order valence-electron chi connectivity index (χ3n) is 3.84. The molecule has 1 aliphatic carbocycles. The Kier molecular flexibility index (Phi) is 4.53. The third-order valence-corrected chi connectivity index (χ3v) is 4.71. The predicted octanol–water partition coefficient (Wildman–Crippen LogP) is 3.67. The maximum Gasteiger partial charge on any atom is 0.265 e. The molecule has 114 valence electrons. The van der Waals surface area contributed by atoms with E-state index in [1.807, 2.05) is 11.4 Å². The molecule has 3 rings (SSSR count). The fraction of sp³-hybridized carbons (Fsp3) is 0.294. The maximum atomic E-state index is 12.1. The molecule has 1 saturated carbocycles. The van der Waals surface area contributed by atoms with Crippen LogP contribution in [0.4, 0.5) is 5.69 Å². The summed E-state index contributed by atoms with van der Waals surface area (Å²) in [6, 6.07) is 10.9. The standard InChI is InChI=1S/C17H18N2O2S/c20-16(18-13-4-1-2-5-13)12-7-9-14(10-8-12)19-17(21)15-6-3-11-22-15/h3,6-11,13H,1-2,4-5H2,(H,18,20)(H,19,21). The van der Waals surface area contributed by atoms with E-state index in [1.165, 1.54) is 24.2 Å². The van der Waals surface area contributed by atoms with E-state index in [-0.39, 0.29) is 11.8 Å². The monoisotopic (exact) mass is 314 g/mol. The molecular formula is C17H18N2O2S. The first-order valence-electron chi connectivity index (χ1n) is 7.48. The first-order valence-corrected chi connectivity index (χ1v) is 8.36. The van der Waals surface area contributed by atoms with Gasteiger partial charge in [-0.15, -0.1) is 11.3 Å². The van der Waals surface area contributed by atoms with Gasteiger partial charge in [0.05, 0.1) is 4.88 Å². The van der Waals surface area contributed by atoms with Gasteiger partial charge in [-0.25, -0.2) is 0 Å². The summed E-state index contributed by atoms with van der Waals surface area (Å²) in [5, 5.41) is 7.74. The van der Waals surface area contributed by atoms with E-state index in [9.17, 15) is 9.59 Å². The number of rotatable bonds is 4. The number of nitrogens with one attached hydrogen (secondary N) is 2. The SMILES string of the molecule is O=C(NC1CCCC1)c1ccc(NC(=O)c2cccs2)cc1. The number of hydrogen-bond acceptors (Lipinski definition) is 3. The topological polar surface area (TPSA) is 58.2 Å². The molecule has 4 nitrogen and oxygen atoms in total. The van der Waals surface area contributed by atoms with Crippen LogP contribution in [0.2, 0.25) is 0 Å². The molecule has 0 aliphatic heterocycles. The summed E-state index contributed by atoms with van der Waals surface area (Å²) in [7, 11) is 0. The van der Waals surface area contributed by atoms with Crippen molar-refractivity contribution in [1.82, 2.24) is 5.32 Å². The second-order valence-electron chi connectivity index (χ2n) is 5.46. The normalized spacial score (nSPS) is 14.7. The average Bonchev–Trinajstić information content (AvgIpc) is 3.21. The van der Waals surface area contributed by atoms with E-state index in [4.69, 9.17) is 0 Å². The van der Waals surface area contributed by atoms with Crippen LogP contribution in [-0.4, -0.2) is 17.9 Å². The maximum absolute atomic E-state index is 12.1. The molecule has 0 bridgehead atoms. The van der Waals surface area contributed by atoms with Gasteiger partial charge in [-0.05, 0) is 48.6 Å². The van der Waals surface area contributed by atoms with Crippen molar-refractivity contribution < 1.29 is 9.59 Å². The zero-order valence-corrected chi connectivity index (χ0v) is 13.0. The van der Waals surface area contributed by atoms with Crippen LogP contribution >= 0.6 is 11.3 Å². The molecule has 1 heterocycles. The zero-order chi connectivity index (χ0) is 15.4. The van der Waals surface area contributed by atoms with Gasteiger partial charge in [0.2, 0.25) is 0 Å². The number of anilines is 1. The lowest BCUT2D eigenvalue weighted by Crippen LogP contribution is -2.32. The van der Waals surface area contributed by atoms with E-state index in [0.29, 0.717) is 22.2 Å². The number of benzene rings is 1. The Balaban J connectivity index is 1.60. The van der Waals surface area contributed by atoms with Crippen molar-refractivity contribution in [3.8, 4) is 0 Å². The number of amides is 2. The smallest absolute Gasteiger partial charge is 0.265 e. The lowest BCUT2D eigenvalue weighted by atomic mass is 10.1. The van der Waals surface area contributed by atoms with Crippen molar-refractivity contribution in [2.75, 3.05) is 5.32 Å². The van der Waals surface area contributed by atoms with Gasteiger partial charge in [0.15, 0.2) is 0 Å². The fourth-order valence-corrected chi connectivity index (χ4v) is 3.26. The zero-order valence-electron chi connectivity index (χ0n) is 12.2. The summed E-state index contributed by atoms with van der Waals surface area (Å²) >= 11 is 1.40. The van der Waals surface area contributed by atoms with Gasteiger partial charge in [0.25, 0.3) is 11.8 Å². The van der Waals surface area contributed by atoms with Crippen LogP contribution in [0.3, 0.4) is 0 Å². The van der Waals surface area contributed by atoms with E-state index in [1.54, 1.807) is 30.3 Å². The predicted molar refractivity (Wildman–Crippen MR) is 88.4 cm³/mol. The molecule has 2 N–H and O–H groups in total. The molecule has 0 saturated heterocycles. The molecule has 0 unspecified atom stereocenters. The van der Waals surface area contributed by atoms with E-state index in [2.05, 4.69) is 10.6 Å². The summed E-state index contributed by atoms with van der Waals surface area (Å²) in [4.78, 5) is 24.7. The highest BCUT2D eigenvalue weighted by Crippen LogP contribution is 2.19. The van der Waals surface area contributed by atoms with E-state index < -0.39 is 0 Å². The molecule has 22 heavy (non-hydrogen) atoms. The minimum atomic E-state index is -0.127. The van der Waals surface area contributed by atoms with E-state index in [0.717, 1.165) is 12.8 Å². The van der Waals surface area contributed by atoms with Crippen molar-refractivity contribution in [2.24, 2.45) is 0 Å². The highest BCUT2D eigenvalue weighted by atomic mass is 32.1. The molecule has 1 fully saturated rings. The van der Waals surface area contributed by atoms with Crippen LogP contribution in [0, 0.1) is 0 Å². The quantitative estimate of drug-likeness (QED) is 0.904. The van der Waals surface area contributed by atoms with Crippen molar-refractivity contribution in [2.45, 2.75) is 31.7 Å².